The van der Waals surface area contributed by atoms with Gasteiger partial charge in [-0.25, -0.2) is 13.4 Å². The molecule has 0 amide bonds. The van der Waals surface area contributed by atoms with E-state index in [0.29, 0.717) is 5.13 Å². The fraction of sp³-hybridized carbons (Fsp3) is 0.625. The van der Waals surface area contributed by atoms with Crippen molar-refractivity contribution in [3.8, 4) is 0 Å². The molecule has 0 aromatic carbocycles. The summed E-state index contributed by atoms with van der Waals surface area (Å²) in [5, 5.41) is -0.202. The number of thiazole rings is 1. The summed E-state index contributed by atoms with van der Waals surface area (Å²) in [4.78, 5) is 5.11. The Balaban J connectivity index is 2.87. The number of hydrogen-bond acceptors (Lipinski definition) is 5. The van der Waals surface area contributed by atoms with Crippen LogP contribution in [0.15, 0.2) is 0 Å². The highest BCUT2D eigenvalue weighted by atomic mass is 32.2. The zero-order valence-electron chi connectivity index (χ0n) is 8.94. The number of aromatic nitrogens is 1. The molecule has 5 nitrogen and oxygen atoms in total. The van der Waals surface area contributed by atoms with Gasteiger partial charge in [0.25, 0.3) is 0 Å². The lowest BCUT2D eigenvalue weighted by Gasteiger charge is -2.10. The summed E-state index contributed by atoms with van der Waals surface area (Å²) >= 11 is 1.33. The Morgan fingerprint density at radius 2 is 2.13 bits per heavy atom. The number of hydrogen-bond donors (Lipinski definition) is 2. The van der Waals surface area contributed by atoms with Gasteiger partial charge < -0.3 is 5.73 Å². The van der Waals surface area contributed by atoms with E-state index in [1.807, 2.05) is 13.8 Å². The molecule has 0 saturated carbocycles. The molecule has 15 heavy (non-hydrogen) atoms. The van der Waals surface area contributed by atoms with Crippen LogP contribution >= 0.6 is 11.3 Å². The van der Waals surface area contributed by atoms with Crippen molar-refractivity contribution >= 4 is 26.5 Å². The molecule has 0 aliphatic carbocycles. The van der Waals surface area contributed by atoms with E-state index in [0.717, 1.165) is 10.6 Å². The highest BCUT2D eigenvalue weighted by Crippen LogP contribution is 2.22. The van der Waals surface area contributed by atoms with Crippen molar-refractivity contribution in [3.63, 3.8) is 0 Å². The van der Waals surface area contributed by atoms with Gasteiger partial charge in [-0.2, -0.15) is 0 Å². The number of nitrogens with zero attached hydrogens (tertiary/aromatic N) is 1. The quantitative estimate of drug-likeness (QED) is 0.828. The average Bonchev–Trinajstić information content (AvgIpc) is 2.43. The van der Waals surface area contributed by atoms with Gasteiger partial charge in [0.15, 0.2) is 5.13 Å². The maximum atomic E-state index is 11.6. The van der Waals surface area contributed by atoms with Crippen molar-refractivity contribution in [1.82, 2.24) is 4.98 Å². The number of sulfonamides is 1. The number of nitrogens with one attached hydrogen (secondary N) is 1. The monoisotopic (exact) mass is 249 g/mol. The van der Waals surface area contributed by atoms with Crippen molar-refractivity contribution in [2.45, 2.75) is 26.0 Å². The average molecular weight is 249 g/mol. The zero-order chi connectivity index (χ0) is 11.6. The third kappa shape index (κ3) is 2.90. The highest BCUT2D eigenvalue weighted by Gasteiger charge is 2.20. The lowest BCUT2D eigenvalue weighted by Crippen LogP contribution is -2.31. The molecule has 7 heteroatoms. The summed E-state index contributed by atoms with van der Waals surface area (Å²) in [7, 11) is -3.39. The van der Waals surface area contributed by atoms with Crippen LogP contribution in [0.5, 0.6) is 0 Å². The first-order valence-corrected chi connectivity index (χ1v) is 6.89. The molecule has 0 saturated heterocycles. The molecule has 1 unspecified atom stereocenters. The Hall–Kier alpha value is -0.660. The first kappa shape index (κ1) is 12.4. The van der Waals surface area contributed by atoms with Crippen LogP contribution in [0.2, 0.25) is 0 Å². The van der Waals surface area contributed by atoms with Crippen LogP contribution in [0.1, 0.15) is 17.5 Å². The van der Waals surface area contributed by atoms with Crippen molar-refractivity contribution in [2.75, 3.05) is 11.3 Å². The van der Waals surface area contributed by atoms with E-state index in [1.54, 1.807) is 6.92 Å². The van der Waals surface area contributed by atoms with Crippen LogP contribution in [0.3, 0.4) is 0 Å². The van der Waals surface area contributed by atoms with Gasteiger partial charge in [0, 0.05) is 11.4 Å². The van der Waals surface area contributed by atoms with Gasteiger partial charge >= 0.3 is 0 Å². The number of aryl methyl sites for hydroxylation is 2. The van der Waals surface area contributed by atoms with Crippen LogP contribution in [0, 0.1) is 13.8 Å². The largest absolute Gasteiger partial charge is 0.329 e. The van der Waals surface area contributed by atoms with Gasteiger partial charge in [-0.15, -0.1) is 11.3 Å². The van der Waals surface area contributed by atoms with Crippen LogP contribution in [-0.2, 0) is 10.0 Å². The summed E-state index contributed by atoms with van der Waals surface area (Å²) in [5.41, 5.74) is 6.16. The minimum atomic E-state index is -3.39. The van der Waals surface area contributed by atoms with Crippen LogP contribution in [0.25, 0.3) is 0 Å². The standard InChI is InChI=1S/C8H15N3O2S2/c1-5(4-9)15(12,13)11-8-10-6(2)7(3)14-8/h5H,4,9H2,1-3H3,(H,10,11). The normalized spacial score (nSPS) is 13.9. The molecule has 1 aromatic rings. The van der Waals surface area contributed by atoms with Crippen LogP contribution in [0.4, 0.5) is 5.13 Å². The predicted octanol–water partition coefficient (Wildman–Crippen LogP) is 0.849. The Bertz CT molecular complexity index is 419. The second-order valence-corrected chi connectivity index (χ2v) is 6.66. The van der Waals surface area contributed by atoms with Crippen molar-refractivity contribution in [2.24, 2.45) is 5.73 Å². The molecule has 1 heterocycles. The summed E-state index contributed by atoms with van der Waals surface area (Å²) in [6, 6.07) is 0. The van der Waals surface area contributed by atoms with E-state index in [2.05, 4.69) is 9.71 Å². The smallest absolute Gasteiger partial charge is 0.238 e. The third-order valence-electron chi connectivity index (χ3n) is 2.12. The molecule has 1 rings (SSSR count). The number of rotatable bonds is 4. The molecule has 3 N–H and O–H groups in total. The summed E-state index contributed by atoms with van der Waals surface area (Å²) in [5.74, 6) is 0. The summed E-state index contributed by atoms with van der Waals surface area (Å²) < 4.78 is 25.7. The zero-order valence-corrected chi connectivity index (χ0v) is 10.6. The van der Waals surface area contributed by atoms with Crippen LogP contribution < -0.4 is 10.5 Å². The molecule has 0 fully saturated rings. The predicted molar refractivity (Wildman–Crippen MR) is 62.6 cm³/mol. The van der Waals surface area contributed by atoms with Crippen molar-refractivity contribution < 1.29 is 8.42 Å². The van der Waals surface area contributed by atoms with E-state index in [-0.39, 0.29) is 6.54 Å². The fourth-order valence-electron chi connectivity index (χ4n) is 0.865. The molecular weight excluding hydrogens is 234 g/mol. The summed E-state index contributed by atoms with van der Waals surface area (Å²) in [6.45, 7) is 5.40. The Morgan fingerprint density at radius 1 is 1.53 bits per heavy atom. The number of anilines is 1. The van der Waals surface area contributed by atoms with Gasteiger partial charge in [-0.3, -0.25) is 4.72 Å². The number of nitrogens with two attached hydrogens (primary N) is 1. The third-order valence-corrected chi connectivity index (χ3v) is 4.97. The molecule has 0 radical (unpaired) electrons. The first-order chi connectivity index (χ1) is 6.86. The van der Waals surface area contributed by atoms with Gasteiger partial charge in [0.2, 0.25) is 10.0 Å². The van der Waals surface area contributed by atoms with Gasteiger partial charge in [0.1, 0.15) is 0 Å². The molecule has 0 aliphatic heterocycles. The molecule has 1 atom stereocenters. The van der Waals surface area contributed by atoms with E-state index >= 15 is 0 Å². The molecule has 86 valence electrons. The molecule has 0 bridgehead atoms. The lowest BCUT2D eigenvalue weighted by atomic mass is 10.4. The van der Waals surface area contributed by atoms with E-state index in [4.69, 9.17) is 5.73 Å². The van der Waals surface area contributed by atoms with Gasteiger partial charge in [0.05, 0.1) is 10.9 Å². The second kappa shape index (κ2) is 4.46. The fourth-order valence-corrected chi connectivity index (χ4v) is 2.79. The van der Waals surface area contributed by atoms with E-state index in [9.17, 15) is 8.42 Å². The van der Waals surface area contributed by atoms with Gasteiger partial charge in [-0.05, 0) is 20.8 Å². The molecule has 1 aromatic heterocycles. The maximum absolute atomic E-state index is 11.6. The molecular formula is C8H15N3O2S2. The lowest BCUT2D eigenvalue weighted by molar-refractivity contribution is 0.589. The SMILES string of the molecule is Cc1nc(NS(=O)(=O)C(C)CN)sc1C. The maximum Gasteiger partial charge on any atom is 0.238 e. The molecule has 0 aliphatic rings. The highest BCUT2D eigenvalue weighted by molar-refractivity contribution is 7.93. The minimum Gasteiger partial charge on any atom is -0.329 e. The van der Waals surface area contributed by atoms with E-state index < -0.39 is 15.3 Å². The Morgan fingerprint density at radius 3 is 2.53 bits per heavy atom. The summed E-state index contributed by atoms with van der Waals surface area (Å²) in [6.07, 6.45) is 0. The molecule has 0 spiro atoms. The van der Waals surface area contributed by atoms with Crippen LogP contribution in [-0.4, -0.2) is 25.2 Å². The van der Waals surface area contributed by atoms with Crippen molar-refractivity contribution in [3.05, 3.63) is 10.6 Å². The minimum absolute atomic E-state index is 0.0959. The van der Waals surface area contributed by atoms with E-state index in [1.165, 1.54) is 11.3 Å². The van der Waals surface area contributed by atoms with Crippen molar-refractivity contribution in [1.29, 1.82) is 0 Å². The topological polar surface area (TPSA) is 85.1 Å². The first-order valence-electron chi connectivity index (χ1n) is 4.52. The van der Waals surface area contributed by atoms with Gasteiger partial charge in [-0.1, -0.05) is 0 Å². The second-order valence-electron chi connectivity index (χ2n) is 3.35. The Kier molecular flexibility index (Phi) is 3.69. The Labute approximate surface area is 93.8 Å².